The molecule has 1 fully saturated rings. The van der Waals surface area contributed by atoms with Crippen molar-refractivity contribution < 1.29 is 17.5 Å². The summed E-state index contributed by atoms with van der Waals surface area (Å²) < 4.78 is 46.0. The first kappa shape index (κ1) is 20.9. The van der Waals surface area contributed by atoms with E-state index in [4.69, 9.17) is 27.9 Å². The highest BCUT2D eigenvalue weighted by Gasteiger charge is 2.35. The summed E-state index contributed by atoms with van der Waals surface area (Å²) in [6.07, 6.45) is 1.72. The van der Waals surface area contributed by atoms with E-state index in [1.807, 2.05) is 0 Å². The number of benzene rings is 1. The van der Waals surface area contributed by atoms with Gasteiger partial charge in [-0.2, -0.15) is 0 Å². The predicted molar refractivity (Wildman–Crippen MR) is 90.7 cm³/mol. The Balaban J connectivity index is 0.00000264. The fourth-order valence-electron chi connectivity index (χ4n) is 2.50. The fraction of sp³-hybridized carbons (Fsp3) is 0.538. The molecule has 5 nitrogen and oxygen atoms in total. The van der Waals surface area contributed by atoms with Crippen molar-refractivity contribution in [1.82, 2.24) is 10.0 Å². The molecule has 0 amide bonds. The largest absolute Gasteiger partial charge is 0.383 e. The molecule has 132 valence electrons. The summed E-state index contributed by atoms with van der Waals surface area (Å²) in [4.78, 5) is -0.332. The zero-order valence-electron chi connectivity index (χ0n) is 12.4. The smallest absolute Gasteiger partial charge is 0.242 e. The van der Waals surface area contributed by atoms with Gasteiger partial charge in [-0.05, 0) is 31.5 Å². The molecule has 10 heteroatoms. The van der Waals surface area contributed by atoms with Gasteiger partial charge >= 0.3 is 0 Å². The molecule has 2 N–H and O–H groups in total. The minimum Gasteiger partial charge on any atom is -0.383 e. The zero-order valence-corrected chi connectivity index (χ0v) is 15.5. The number of sulfonamides is 1. The van der Waals surface area contributed by atoms with E-state index in [1.165, 1.54) is 6.07 Å². The lowest BCUT2D eigenvalue weighted by Gasteiger charge is -2.28. The number of halogens is 4. The van der Waals surface area contributed by atoms with Gasteiger partial charge in [-0.3, -0.25) is 0 Å². The molecule has 0 bridgehead atoms. The highest BCUT2D eigenvalue weighted by Crippen LogP contribution is 2.29. The summed E-state index contributed by atoms with van der Waals surface area (Å²) in [5, 5.41) is 2.51. The molecule has 1 aliphatic rings. The summed E-state index contributed by atoms with van der Waals surface area (Å²) in [5.41, 5.74) is -0.459. The minimum absolute atomic E-state index is 0. The molecule has 1 saturated heterocycles. The van der Waals surface area contributed by atoms with Crippen LogP contribution in [0.1, 0.15) is 12.8 Å². The van der Waals surface area contributed by atoms with Crippen molar-refractivity contribution in [3.8, 4) is 0 Å². The standard InChI is InChI=1S/C13H17Cl2FN2O3S.ClH/c1-21-8-13(5-2-6-17-13)7-18-22(19,20)10-4-3-9(14)12(16)11(10)15;/h3-4,17-18H,2,5-8H2,1H3;1H. The molecule has 0 aliphatic carbocycles. The number of hydrogen-bond acceptors (Lipinski definition) is 4. The minimum atomic E-state index is -3.95. The first-order valence-corrected chi connectivity index (χ1v) is 8.92. The van der Waals surface area contributed by atoms with E-state index >= 15 is 0 Å². The third-order valence-electron chi connectivity index (χ3n) is 3.64. The Labute approximate surface area is 151 Å². The number of hydrogen-bond donors (Lipinski definition) is 2. The lowest BCUT2D eigenvalue weighted by molar-refractivity contribution is 0.122. The van der Waals surface area contributed by atoms with Crippen molar-refractivity contribution >= 4 is 45.6 Å². The molecule has 1 unspecified atom stereocenters. The Bertz CT molecular complexity index is 652. The molecular weight excluding hydrogens is 390 g/mol. The van der Waals surface area contributed by atoms with E-state index in [0.717, 1.165) is 25.5 Å². The van der Waals surface area contributed by atoms with Crippen molar-refractivity contribution in [2.45, 2.75) is 23.3 Å². The number of rotatable bonds is 6. The van der Waals surface area contributed by atoms with Crippen molar-refractivity contribution in [2.75, 3.05) is 26.8 Å². The third kappa shape index (κ3) is 4.69. The maximum Gasteiger partial charge on any atom is 0.242 e. The van der Waals surface area contributed by atoms with Gasteiger partial charge in [0.05, 0.1) is 22.2 Å². The Kier molecular flexibility index (Phi) is 7.53. The van der Waals surface area contributed by atoms with Gasteiger partial charge in [0.1, 0.15) is 4.90 Å². The second-order valence-electron chi connectivity index (χ2n) is 5.24. The molecule has 2 rings (SSSR count). The van der Waals surface area contributed by atoms with Crippen molar-refractivity contribution in [3.05, 3.63) is 28.0 Å². The Morgan fingerprint density at radius 1 is 1.43 bits per heavy atom. The zero-order chi connectivity index (χ0) is 16.4. The Hall–Kier alpha value is -0.150. The lowest BCUT2D eigenvalue weighted by Crippen LogP contribution is -2.52. The van der Waals surface area contributed by atoms with Crippen molar-refractivity contribution in [2.24, 2.45) is 0 Å². The van der Waals surface area contributed by atoms with Crippen LogP contribution in [0.5, 0.6) is 0 Å². The second kappa shape index (κ2) is 8.29. The van der Waals surface area contributed by atoms with Gasteiger partial charge in [-0.25, -0.2) is 17.5 Å². The highest BCUT2D eigenvalue weighted by molar-refractivity contribution is 7.89. The average molecular weight is 408 g/mol. The molecule has 1 heterocycles. The third-order valence-corrected chi connectivity index (χ3v) is 5.86. The highest BCUT2D eigenvalue weighted by atomic mass is 35.5. The van der Waals surface area contributed by atoms with Crippen LogP contribution in [0, 0.1) is 5.82 Å². The quantitative estimate of drug-likeness (QED) is 0.711. The first-order valence-electron chi connectivity index (χ1n) is 6.68. The molecule has 0 spiro atoms. The molecule has 1 aliphatic heterocycles. The summed E-state index contributed by atoms with van der Waals surface area (Å²) in [6, 6.07) is 2.34. The summed E-state index contributed by atoms with van der Waals surface area (Å²) in [6.45, 7) is 1.30. The van der Waals surface area contributed by atoms with E-state index in [9.17, 15) is 12.8 Å². The van der Waals surface area contributed by atoms with Crippen molar-refractivity contribution in [3.63, 3.8) is 0 Å². The normalized spacial score (nSPS) is 21.2. The molecule has 1 aromatic rings. The first-order chi connectivity index (χ1) is 10.3. The average Bonchev–Trinajstić information content (AvgIpc) is 2.92. The Morgan fingerprint density at radius 2 is 2.13 bits per heavy atom. The van der Waals surface area contributed by atoms with Gasteiger partial charge in [0.25, 0.3) is 0 Å². The second-order valence-corrected chi connectivity index (χ2v) is 7.76. The fourth-order valence-corrected chi connectivity index (χ4v) is 4.37. The van der Waals surface area contributed by atoms with Crippen LogP contribution in [-0.2, 0) is 14.8 Å². The molecule has 0 aromatic heterocycles. The maximum atomic E-state index is 13.7. The van der Waals surface area contributed by atoms with E-state index in [1.54, 1.807) is 7.11 Å². The maximum absolute atomic E-state index is 13.7. The van der Waals surface area contributed by atoms with Gasteiger partial charge < -0.3 is 10.1 Å². The molecule has 1 aromatic carbocycles. The SMILES string of the molecule is COCC1(CNS(=O)(=O)c2ccc(Cl)c(F)c2Cl)CCCN1.Cl. The summed E-state index contributed by atoms with van der Waals surface area (Å²) in [7, 11) is -2.39. The predicted octanol–water partition coefficient (Wildman–Crippen LogP) is 2.60. The van der Waals surface area contributed by atoms with E-state index in [2.05, 4.69) is 10.0 Å². The van der Waals surface area contributed by atoms with Gasteiger partial charge in [-0.15, -0.1) is 12.4 Å². The lowest BCUT2D eigenvalue weighted by atomic mass is 9.99. The topological polar surface area (TPSA) is 67.4 Å². The van der Waals surface area contributed by atoms with Crippen LogP contribution < -0.4 is 10.0 Å². The summed E-state index contributed by atoms with van der Waals surface area (Å²) >= 11 is 11.3. The van der Waals surface area contributed by atoms with Crippen LogP contribution >= 0.6 is 35.6 Å². The van der Waals surface area contributed by atoms with Crippen LogP contribution in [-0.4, -0.2) is 40.8 Å². The van der Waals surface area contributed by atoms with Gasteiger partial charge in [0, 0.05) is 13.7 Å². The molecule has 23 heavy (non-hydrogen) atoms. The van der Waals surface area contributed by atoms with Crippen LogP contribution in [0.2, 0.25) is 10.0 Å². The molecule has 0 radical (unpaired) electrons. The van der Waals surface area contributed by atoms with E-state index in [-0.39, 0.29) is 28.9 Å². The monoisotopic (exact) mass is 406 g/mol. The summed E-state index contributed by atoms with van der Waals surface area (Å²) in [5.74, 6) is -0.947. The van der Waals surface area contributed by atoms with Crippen LogP contribution in [0.15, 0.2) is 17.0 Å². The Morgan fingerprint density at radius 3 is 2.70 bits per heavy atom. The molecule has 0 saturated carbocycles. The van der Waals surface area contributed by atoms with Gasteiger partial charge in [0.2, 0.25) is 10.0 Å². The molecule has 1 atom stereocenters. The van der Waals surface area contributed by atoms with Crippen LogP contribution in [0.25, 0.3) is 0 Å². The van der Waals surface area contributed by atoms with Crippen LogP contribution in [0.3, 0.4) is 0 Å². The van der Waals surface area contributed by atoms with Gasteiger partial charge in [-0.1, -0.05) is 23.2 Å². The number of methoxy groups -OCH3 is 1. The number of ether oxygens (including phenoxy) is 1. The van der Waals surface area contributed by atoms with E-state index in [0.29, 0.717) is 6.61 Å². The number of nitrogens with one attached hydrogen (secondary N) is 2. The van der Waals surface area contributed by atoms with Crippen LogP contribution in [0.4, 0.5) is 4.39 Å². The van der Waals surface area contributed by atoms with Gasteiger partial charge in [0.15, 0.2) is 5.82 Å². The van der Waals surface area contributed by atoms with E-state index < -0.39 is 26.4 Å². The molecular formula is C13H18Cl3FN2O3S. The van der Waals surface area contributed by atoms with Crippen molar-refractivity contribution in [1.29, 1.82) is 0 Å².